The van der Waals surface area contributed by atoms with Crippen molar-refractivity contribution < 1.29 is 4.79 Å². The van der Waals surface area contributed by atoms with Gasteiger partial charge in [0, 0.05) is 28.0 Å². The molecule has 0 radical (unpaired) electrons. The zero-order valence-corrected chi connectivity index (χ0v) is 17.7. The highest BCUT2D eigenvalue weighted by molar-refractivity contribution is 7.10. The number of hydrogen-bond donors (Lipinski definition) is 1. The lowest BCUT2D eigenvalue weighted by atomic mass is 9.76. The minimum absolute atomic E-state index is 0.0310. The fourth-order valence-electron chi connectivity index (χ4n) is 4.28. The van der Waals surface area contributed by atoms with Gasteiger partial charge in [0.2, 0.25) is 0 Å². The Morgan fingerprint density at radius 2 is 2.00 bits per heavy atom. The first-order valence-corrected chi connectivity index (χ1v) is 11.0. The van der Waals surface area contributed by atoms with E-state index >= 15 is 0 Å². The highest BCUT2D eigenvalue weighted by Crippen LogP contribution is 2.41. The summed E-state index contributed by atoms with van der Waals surface area (Å²) in [5, 5.41) is 5.82. The number of halogens is 1. The number of nitrogens with one attached hydrogen (secondary N) is 1. The maximum Gasteiger partial charge on any atom is 0.251 e. The van der Waals surface area contributed by atoms with Gasteiger partial charge in [0.25, 0.3) is 5.91 Å². The molecule has 1 heterocycles. The van der Waals surface area contributed by atoms with Crippen LogP contribution in [0.2, 0.25) is 5.02 Å². The number of thiophene rings is 1. The lowest BCUT2D eigenvalue weighted by Gasteiger charge is -2.37. The zero-order valence-electron chi connectivity index (χ0n) is 16.2. The molecule has 27 heavy (non-hydrogen) atoms. The molecular formula is C22H29ClN2OS. The monoisotopic (exact) mass is 404 g/mol. The first-order chi connectivity index (χ1) is 13.0. The maximum atomic E-state index is 12.2. The second kappa shape index (κ2) is 9.72. The Kier molecular flexibility index (Phi) is 7.33. The van der Waals surface area contributed by atoms with E-state index < -0.39 is 0 Å². The summed E-state index contributed by atoms with van der Waals surface area (Å²) in [6.45, 7) is 0.739. The van der Waals surface area contributed by atoms with Crippen molar-refractivity contribution in [1.82, 2.24) is 10.2 Å². The van der Waals surface area contributed by atoms with Gasteiger partial charge < -0.3 is 10.2 Å². The summed E-state index contributed by atoms with van der Waals surface area (Å²) in [7, 11) is 4.39. The maximum absolute atomic E-state index is 12.2. The normalized spacial score (nSPS) is 21.2. The van der Waals surface area contributed by atoms with Crippen LogP contribution in [0.1, 0.15) is 53.4 Å². The van der Waals surface area contributed by atoms with Crippen molar-refractivity contribution in [2.45, 2.75) is 38.1 Å². The van der Waals surface area contributed by atoms with Crippen LogP contribution in [0.4, 0.5) is 0 Å². The van der Waals surface area contributed by atoms with E-state index in [-0.39, 0.29) is 5.91 Å². The lowest BCUT2D eigenvalue weighted by molar-refractivity contribution is 0.0947. The van der Waals surface area contributed by atoms with Gasteiger partial charge in [0.15, 0.2) is 0 Å². The molecule has 0 bridgehead atoms. The third-order valence-electron chi connectivity index (χ3n) is 5.65. The highest BCUT2D eigenvalue weighted by atomic mass is 35.5. The number of nitrogens with zero attached hydrogens (tertiary/aromatic N) is 1. The fourth-order valence-corrected chi connectivity index (χ4v) is 5.49. The number of carbonyl (C=O) groups excluding carboxylic acids is 1. The van der Waals surface area contributed by atoms with Gasteiger partial charge in [-0.1, -0.05) is 36.6 Å². The van der Waals surface area contributed by atoms with E-state index in [1.165, 1.54) is 30.6 Å². The molecule has 1 saturated carbocycles. The van der Waals surface area contributed by atoms with Crippen molar-refractivity contribution in [3.8, 4) is 0 Å². The molecule has 3 nitrogen and oxygen atoms in total. The molecule has 1 aromatic heterocycles. The molecule has 1 aliphatic rings. The van der Waals surface area contributed by atoms with Crippen LogP contribution in [-0.2, 0) is 0 Å². The molecule has 0 aliphatic heterocycles. The zero-order chi connectivity index (χ0) is 19.2. The van der Waals surface area contributed by atoms with E-state index in [1.807, 2.05) is 17.4 Å². The van der Waals surface area contributed by atoms with E-state index in [0.717, 1.165) is 18.9 Å². The van der Waals surface area contributed by atoms with Crippen molar-refractivity contribution in [3.05, 3.63) is 57.2 Å². The van der Waals surface area contributed by atoms with Crippen molar-refractivity contribution in [2.24, 2.45) is 11.8 Å². The minimum atomic E-state index is -0.0310. The van der Waals surface area contributed by atoms with Crippen LogP contribution in [0.3, 0.4) is 0 Å². The highest BCUT2D eigenvalue weighted by Gasteiger charge is 2.30. The number of benzene rings is 1. The minimum Gasteiger partial charge on any atom is -0.352 e. The molecule has 1 unspecified atom stereocenters. The van der Waals surface area contributed by atoms with Gasteiger partial charge in [-0.05, 0) is 74.8 Å². The van der Waals surface area contributed by atoms with Gasteiger partial charge in [0.1, 0.15) is 0 Å². The first-order valence-electron chi connectivity index (χ1n) is 9.78. The summed E-state index contributed by atoms with van der Waals surface area (Å²) in [6.07, 6.45) is 6.12. The summed E-state index contributed by atoms with van der Waals surface area (Å²) in [5.74, 6) is 1.42. The second-order valence-corrected chi connectivity index (χ2v) is 9.18. The van der Waals surface area contributed by atoms with Crippen molar-refractivity contribution in [1.29, 1.82) is 0 Å². The van der Waals surface area contributed by atoms with E-state index in [1.54, 1.807) is 18.2 Å². The van der Waals surface area contributed by atoms with Crippen LogP contribution < -0.4 is 5.32 Å². The third-order valence-corrected chi connectivity index (χ3v) is 6.83. The van der Waals surface area contributed by atoms with Crippen LogP contribution in [0.15, 0.2) is 41.8 Å². The molecule has 2 aromatic rings. The van der Waals surface area contributed by atoms with Crippen LogP contribution >= 0.6 is 22.9 Å². The molecule has 5 heteroatoms. The summed E-state index contributed by atoms with van der Waals surface area (Å²) in [4.78, 5) is 16.1. The van der Waals surface area contributed by atoms with Crippen molar-refractivity contribution >= 4 is 28.8 Å². The molecule has 1 aliphatic carbocycles. The molecule has 1 aromatic carbocycles. The molecule has 1 atom stereocenters. The molecule has 1 N–H and O–H groups in total. The van der Waals surface area contributed by atoms with E-state index in [2.05, 4.69) is 41.8 Å². The third kappa shape index (κ3) is 5.56. The topological polar surface area (TPSA) is 32.3 Å². The van der Waals surface area contributed by atoms with E-state index in [4.69, 9.17) is 11.6 Å². The Morgan fingerprint density at radius 3 is 2.63 bits per heavy atom. The number of amides is 1. The second-order valence-electron chi connectivity index (χ2n) is 7.76. The van der Waals surface area contributed by atoms with Crippen LogP contribution in [-0.4, -0.2) is 31.4 Å². The number of carbonyl (C=O) groups is 1. The summed E-state index contributed by atoms with van der Waals surface area (Å²) < 4.78 is 0. The quantitative estimate of drug-likeness (QED) is 0.648. The Bertz CT molecular complexity index is 724. The Balaban J connectivity index is 1.43. The molecule has 0 saturated heterocycles. The van der Waals surface area contributed by atoms with Gasteiger partial charge >= 0.3 is 0 Å². The standard InChI is InChI=1S/C22H29ClN2OS/c1-25(2)21(20-7-4-14-27-20)17-10-8-16(9-11-17)12-13-24-22(26)18-5-3-6-19(23)15-18/h3-7,14-17,21H,8-13H2,1-2H3,(H,24,26). The van der Waals surface area contributed by atoms with Gasteiger partial charge in [-0.2, -0.15) is 0 Å². The first kappa shape index (κ1) is 20.4. The predicted molar refractivity (Wildman–Crippen MR) is 115 cm³/mol. The molecule has 1 amide bonds. The van der Waals surface area contributed by atoms with Gasteiger partial charge in [0.05, 0.1) is 0 Å². The summed E-state index contributed by atoms with van der Waals surface area (Å²) in [5.41, 5.74) is 0.635. The smallest absolute Gasteiger partial charge is 0.251 e. The van der Waals surface area contributed by atoms with Crippen LogP contribution in [0.5, 0.6) is 0 Å². The molecule has 146 valence electrons. The van der Waals surface area contributed by atoms with Crippen LogP contribution in [0.25, 0.3) is 0 Å². The lowest BCUT2D eigenvalue weighted by Crippen LogP contribution is -2.31. The van der Waals surface area contributed by atoms with Crippen LogP contribution in [0, 0.1) is 11.8 Å². The van der Waals surface area contributed by atoms with E-state index in [0.29, 0.717) is 22.5 Å². The Morgan fingerprint density at radius 1 is 1.22 bits per heavy atom. The van der Waals surface area contributed by atoms with Crippen molar-refractivity contribution in [3.63, 3.8) is 0 Å². The molecular weight excluding hydrogens is 376 g/mol. The SMILES string of the molecule is CN(C)C(c1cccs1)C1CCC(CCNC(=O)c2cccc(Cl)c2)CC1. The number of hydrogen-bond acceptors (Lipinski definition) is 3. The average Bonchev–Trinajstić information content (AvgIpc) is 3.17. The molecule has 1 fully saturated rings. The number of rotatable bonds is 7. The van der Waals surface area contributed by atoms with Gasteiger partial charge in [-0.3, -0.25) is 4.79 Å². The average molecular weight is 405 g/mol. The largest absolute Gasteiger partial charge is 0.352 e. The van der Waals surface area contributed by atoms with Gasteiger partial charge in [-0.25, -0.2) is 0 Å². The van der Waals surface area contributed by atoms with E-state index in [9.17, 15) is 4.79 Å². The Labute approximate surface area is 171 Å². The molecule has 3 rings (SSSR count). The summed E-state index contributed by atoms with van der Waals surface area (Å²) >= 11 is 7.83. The van der Waals surface area contributed by atoms with Crippen molar-refractivity contribution in [2.75, 3.05) is 20.6 Å². The fraction of sp³-hybridized carbons (Fsp3) is 0.500. The molecule has 0 spiro atoms. The van der Waals surface area contributed by atoms with Gasteiger partial charge in [-0.15, -0.1) is 11.3 Å². The Hall–Kier alpha value is -1.36. The predicted octanol–water partition coefficient (Wildman–Crippen LogP) is 5.63. The summed E-state index contributed by atoms with van der Waals surface area (Å²) in [6, 6.07) is 12.1.